The lowest BCUT2D eigenvalue weighted by Crippen LogP contribution is -2.31. The lowest BCUT2D eigenvalue weighted by atomic mass is 10.1. The Morgan fingerprint density at radius 1 is 1.42 bits per heavy atom. The molecule has 2 aromatic rings. The van der Waals surface area contributed by atoms with Crippen LogP contribution in [0.4, 0.5) is 0 Å². The monoisotopic (exact) mass is 255 g/mol. The van der Waals surface area contributed by atoms with Crippen molar-refractivity contribution >= 4 is 16.7 Å². The molecule has 19 heavy (non-hydrogen) atoms. The second kappa shape index (κ2) is 5.36. The molecule has 0 aliphatic carbocycles. The molecule has 1 aliphatic heterocycles. The Kier molecular flexibility index (Phi) is 3.42. The van der Waals surface area contributed by atoms with Crippen LogP contribution in [0, 0.1) is 5.92 Å². The molecule has 0 bridgehead atoms. The van der Waals surface area contributed by atoms with E-state index in [0.717, 1.165) is 35.8 Å². The number of pyridine rings is 1. The van der Waals surface area contributed by atoms with E-state index in [-0.39, 0.29) is 11.8 Å². The van der Waals surface area contributed by atoms with Gasteiger partial charge in [-0.05, 0) is 30.0 Å². The van der Waals surface area contributed by atoms with Crippen molar-refractivity contribution in [1.82, 2.24) is 15.6 Å². The summed E-state index contributed by atoms with van der Waals surface area (Å²) in [5.74, 6) is 0.271. The normalized spacial score (nSPS) is 18.6. The molecule has 1 atom stereocenters. The Morgan fingerprint density at radius 3 is 3.21 bits per heavy atom. The molecule has 4 heteroatoms. The number of amides is 1. The van der Waals surface area contributed by atoms with E-state index < -0.39 is 0 Å². The molecule has 0 spiro atoms. The lowest BCUT2D eigenvalue weighted by Gasteiger charge is -2.11. The molecular formula is C15H17N3O. The minimum absolute atomic E-state index is 0.122. The van der Waals surface area contributed by atoms with Crippen LogP contribution in [0.25, 0.3) is 10.8 Å². The van der Waals surface area contributed by atoms with Gasteiger partial charge in [0.2, 0.25) is 5.91 Å². The highest BCUT2D eigenvalue weighted by molar-refractivity contribution is 5.85. The highest BCUT2D eigenvalue weighted by atomic mass is 16.1. The van der Waals surface area contributed by atoms with Gasteiger partial charge in [0.25, 0.3) is 0 Å². The van der Waals surface area contributed by atoms with Crippen molar-refractivity contribution in [3.05, 3.63) is 42.2 Å². The van der Waals surface area contributed by atoms with Crippen molar-refractivity contribution in [2.24, 2.45) is 5.92 Å². The number of carbonyl (C=O) groups is 1. The Balaban J connectivity index is 1.73. The summed E-state index contributed by atoms with van der Waals surface area (Å²) in [5.41, 5.74) is 1.14. The SMILES string of the molecule is O=C(NCc1cccc2cnccc12)C1CCNC1. The lowest BCUT2D eigenvalue weighted by molar-refractivity contribution is -0.124. The van der Waals surface area contributed by atoms with Crippen molar-refractivity contribution in [2.45, 2.75) is 13.0 Å². The summed E-state index contributed by atoms with van der Waals surface area (Å²) in [6.45, 7) is 2.32. The topological polar surface area (TPSA) is 54.0 Å². The van der Waals surface area contributed by atoms with E-state index in [1.165, 1.54) is 0 Å². The molecule has 1 aromatic heterocycles. The van der Waals surface area contributed by atoms with Gasteiger partial charge in [0.05, 0.1) is 5.92 Å². The molecule has 0 radical (unpaired) electrons. The van der Waals surface area contributed by atoms with E-state index in [4.69, 9.17) is 0 Å². The average Bonchev–Trinajstić information content (AvgIpc) is 2.99. The first-order valence-corrected chi connectivity index (χ1v) is 6.64. The third-order valence-electron chi connectivity index (χ3n) is 3.66. The zero-order chi connectivity index (χ0) is 13.1. The number of aromatic nitrogens is 1. The predicted octanol–water partition coefficient (Wildman–Crippen LogP) is 1.46. The van der Waals surface area contributed by atoms with Crippen LogP contribution < -0.4 is 10.6 Å². The minimum atomic E-state index is 0.122. The van der Waals surface area contributed by atoms with Crippen LogP contribution in [0.5, 0.6) is 0 Å². The van der Waals surface area contributed by atoms with Crippen LogP contribution in [0.2, 0.25) is 0 Å². The number of fused-ring (bicyclic) bond motifs is 1. The fraction of sp³-hybridized carbons (Fsp3) is 0.333. The molecule has 98 valence electrons. The summed E-state index contributed by atoms with van der Waals surface area (Å²) in [7, 11) is 0. The molecular weight excluding hydrogens is 238 g/mol. The molecule has 1 fully saturated rings. The van der Waals surface area contributed by atoms with Gasteiger partial charge in [0.15, 0.2) is 0 Å². The summed E-state index contributed by atoms with van der Waals surface area (Å²) in [5, 5.41) is 8.51. The van der Waals surface area contributed by atoms with Crippen LogP contribution in [0.3, 0.4) is 0 Å². The van der Waals surface area contributed by atoms with Gasteiger partial charge in [-0.1, -0.05) is 18.2 Å². The predicted molar refractivity (Wildman–Crippen MR) is 74.6 cm³/mol. The average molecular weight is 255 g/mol. The third-order valence-corrected chi connectivity index (χ3v) is 3.66. The van der Waals surface area contributed by atoms with Crippen molar-refractivity contribution in [3.63, 3.8) is 0 Å². The first-order chi connectivity index (χ1) is 9.34. The van der Waals surface area contributed by atoms with Crippen LogP contribution in [-0.2, 0) is 11.3 Å². The largest absolute Gasteiger partial charge is 0.352 e. The number of rotatable bonds is 3. The third kappa shape index (κ3) is 2.58. The van der Waals surface area contributed by atoms with Crippen molar-refractivity contribution in [2.75, 3.05) is 13.1 Å². The van der Waals surface area contributed by atoms with Crippen molar-refractivity contribution < 1.29 is 4.79 Å². The summed E-state index contributed by atoms with van der Waals surface area (Å²) < 4.78 is 0. The zero-order valence-corrected chi connectivity index (χ0v) is 10.7. The standard InChI is InChI=1S/C15H17N3O/c19-15(13-4-6-16-9-13)18-10-12-3-1-2-11-8-17-7-5-14(11)12/h1-3,5,7-8,13,16H,4,6,9-10H2,(H,18,19). The molecule has 2 N–H and O–H groups in total. The number of hydrogen-bond acceptors (Lipinski definition) is 3. The van der Waals surface area contributed by atoms with Crippen molar-refractivity contribution in [1.29, 1.82) is 0 Å². The van der Waals surface area contributed by atoms with Crippen LogP contribution in [0.1, 0.15) is 12.0 Å². The summed E-state index contributed by atoms with van der Waals surface area (Å²) in [6, 6.07) is 8.08. The van der Waals surface area contributed by atoms with Gasteiger partial charge >= 0.3 is 0 Å². The van der Waals surface area contributed by atoms with E-state index >= 15 is 0 Å². The Bertz CT molecular complexity index is 585. The molecule has 2 heterocycles. The van der Waals surface area contributed by atoms with Gasteiger partial charge in [-0.25, -0.2) is 0 Å². The molecule has 1 unspecified atom stereocenters. The van der Waals surface area contributed by atoms with E-state index in [2.05, 4.69) is 21.7 Å². The van der Waals surface area contributed by atoms with Crippen molar-refractivity contribution in [3.8, 4) is 0 Å². The Hall–Kier alpha value is -1.94. The summed E-state index contributed by atoms with van der Waals surface area (Å²) >= 11 is 0. The molecule has 0 saturated carbocycles. The van der Waals surface area contributed by atoms with Crippen LogP contribution in [-0.4, -0.2) is 24.0 Å². The maximum absolute atomic E-state index is 12.0. The van der Waals surface area contributed by atoms with Gasteiger partial charge < -0.3 is 10.6 Å². The Labute approximate surface area is 112 Å². The molecule has 4 nitrogen and oxygen atoms in total. The second-order valence-electron chi connectivity index (χ2n) is 4.92. The quantitative estimate of drug-likeness (QED) is 0.873. The number of hydrogen-bond donors (Lipinski definition) is 2. The summed E-state index contributed by atoms with van der Waals surface area (Å²) in [4.78, 5) is 16.1. The number of benzene rings is 1. The van der Waals surface area contributed by atoms with Crippen LogP contribution in [0.15, 0.2) is 36.7 Å². The first kappa shape index (κ1) is 12.1. The minimum Gasteiger partial charge on any atom is -0.352 e. The molecule has 1 aliphatic rings. The van der Waals surface area contributed by atoms with Gasteiger partial charge in [-0.15, -0.1) is 0 Å². The second-order valence-corrected chi connectivity index (χ2v) is 4.92. The maximum atomic E-state index is 12.0. The highest BCUT2D eigenvalue weighted by Crippen LogP contribution is 2.17. The Morgan fingerprint density at radius 2 is 2.37 bits per heavy atom. The molecule has 1 amide bonds. The van der Waals surface area contributed by atoms with E-state index in [0.29, 0.717) is 6.54 Å². The van der Waals surface area contributed by atoms with Gasteiger partial charge in [0, 0.05) is 30.9 Å². The molecule has 3 rings (SSSR count). The smallest absolute Gasteiger partial charge is 0.224 e. The van der Waals surface area contributed by atoms with E-state index in [9.17, 15) is 4.79 Å². The van der Waals surface area contributed by atoms with Gasteiger partial charge in [-0.3, -0.25) is 9.78 Å². The van der Waals surface area contributed by atoms with Gasteiger partial charge in [-0.2, -0.15) is 0 Å². The van der Waals surface area contributed by atoms with Gasteiger partial charge in [0.1, 0.15) is 0 Å². The summed E-state index contributed by atoms with van der Waals surface area (Å²) in [6.07, 6.45) is 4.57. The zero-order valence-electron chi connectivity index (χ0n) is 10.7. The first-order valence-electron chi connectivity index (χ1n) is 6.64. The highest BCUT2D eigenvalue weighted by Gasteiger charge is 2.21. The number of nitrogens with zero attached hydrogens (tertiary/aromatic N) is 1. The molecule has 1 aromatic carbocycles. The van der Waals surface area contributed by atoms with E-state index in [1.54, 1.807) is 6.20 Å². The van der Waals surface area contributed by atoms with E-state index in [1.807, 2.05) is 24.4 Å². The number of carbonyl (C=O) groups excluding carboxylic acids is 1. The van der Waals surface area contributed by atoms with Crippen LogP contribution >= 0.6 is 0 Å². The fourth-order valence-electron chi connectivity index (χ4n) is 2.55. The molecule has 1 saturated heterocycles. The maximum Gasteiger partial charge on any atom is 0.224 e. The number of nitrogens with one attached hydrogen (secondary N) is 2. The fourth-order valence-corrected chi connectivity index (χ4v) is 2.55.